The molecule has 0 heterocycles. The summed E-state index contributed by atoms with van der Waals surface area (Å²) in [5.74, 6) is -0.345. The van der Waals surface area contributed by atoms with Gasteiger partial charge in [0.25, 0.3) is 0 Å². The lowest BCUT2D eigenvalue weighted by atomic mass is 10.1. The summed E-state index contributed by atoms with van der Waals surface area (Å²) in [6.45, 7) is 0.188. The summed E-state index contributed by atoms with van der Waals surface area (Å²) in [5, 5.41) is 0. The summed E-state index contributed by atoms with van der Waals surface area (Å²) in [7, 11) is 1.48. The summed E-state index contributed by atoms with van der Waals surface area (Å²) in [6.07, 6.45) is 0.679. The minimum Gasteiger partial charge on any atom is -0.380 e. The topological polar surface area (TPSA) is 26.3 Å². The molecule has 1 rings (SSSR count). The van der Waals surface area contributed by atoms with Crippen LogP contribution in [-0.2, 0) is 11.3 Å². The Morgan fingerprint density at radius 1 is 1.58 bits per heavy atom. The van der Waals surface area contributed by atoms with Gasteiger partial charge < -0.3 is 4.74 Å². The summed E-state index contributed by atoms with van der Waals surface area (Å²) >= 11 is 0. The largest absolute Gasteiger partial charge is 0.380 e. The van der Waals surface area contributed by atoms with Crippen molar-refractivity contribution in [1.29, 1.82) is 0 Å². The molecule has 0 saturated heterocycles. The molecule has 0 aromatic heterocycles. The van der Waals surface area contributed by atoms with E-state index in [1.54, 1.807) is 0 Å². The maximum atomic E-state index is 12.9. The van der Waals surface area contributed by atoms with E-state index in [0.717, 1.165) is 0 Å². The van der Waals surface area contributed by atoms with Gasteiger partial charge in [-0.05, 0) is 18.2 Å². The summed E-state index contributed by atoms with van der Waals surface area (Å²) < 4.78 is 17.6. The number of aldehydes is 1. The van der Waals surface area contributed by atoms with E-state index in [-0.39, 0.29) is 12.4 Å². The normalized spacial score (nSPS) is 9.83. The summed E-state index contributed by atoms with van der Waals surface area (Å²) in [5.41, 5.74) is 0.866. The van der Waals surface area contributed by atoms with Crippen LogP contribution in [0.3, 0.4) is 0 Å². The Balaban J connectivity index is 2.99. The molecule has 0 spiro atoms. The van der Waals surface area contributed by atoms with Crippen molar-refractivity contribution in [3.8, 4) is 0 Å². The first-order valence-electron chi connectivity index (χ1n) is 3.50. The van der Waals surface area contributed by atoms with E-state index >= 15 is 0 Å². The van der Waals surface area contributed by atoms with Gasteiger partial charge in [-0.3, -0.25) is 4.79 Å². The van der Waals surface area contributed by atoms with Crippen molar-refractivity contribution in [2.75, 3.05) is 7.11 Å². The predicted octanol–water partition coefficient (Wildman–Crippen LogP) is 1.78. The van der Waals surface area contributed by atoms with Crippen LogP contribution in [0.2, 0.25) is 0 Å². The van der Waals surface area contributed by atoms with E-state index < -0.39 is 0 Å². The Morgan fingerprint density at radius 2 is 2.33 bits per heavy atom. The van der Waals surface area contributed by atoms with E-state index in [0.29, 0.717) is 17.4 Å². The Labute approximate surface area is 70.0 Å². The van der Waals surface area contributed by atoms with Crippen molar-refractivity contribution < 1.29 is 13.9 Å². The standard InChI is InChI=1S/C9H9FO2/c1-12-6-8-4-7(5-11)2-3-9(8)10/h2-5H,6H2,1H3. The molecule has 0 aliphatic carbocycles. The van der Waals surface area contributed by atoms with Crippen LogP contribution in [0.25, 0.3) is 0 Å². The summed E-state index contributed by atoms with van der Waals surface area (Å²) in [6, 6.07) is 4.17. The quantitative estimate of drug-likeness (QED) is 0.643. The molecule has 0 radical (unpaired) electrons. The van der Waals surface area contributed by atoms with Gasteiger partial charge in [0, 0.05) is 18.2 Å². The lowest BCUT2D eigenvalue weighted by Gasteiger charge is -2.01. The zero-order chi connectivity index (χ0) is 8.97. The Bertz CT molecular complexity index is 284. The molecule has 0 bridgehead atoms. The average Bonchev–Trinajstić information content (AvgIpc) is 2.09. The van der Waals surface area contributed by atoms with Gasteiger partial charge in [0.2, 0.25) is 0 Å². The monoisotopic (exact) mass is 168 g/mol. The molecule has 64 valence electrons. The van der Waals surface area contributed by atoms with Crippen LogP contribution in [0.1, 0.15) is 15.9 Å². The van der Waals surface area contributed by atoms with E-state index in [2.05, 4.69) is 0 Å². The van der Waals surface area contributed by atoms with Gasteiger partial charge in [-0.25, -0.2) is 4.39 Å². The van der Waals surface area contributed by atoms with Crippen molar-refractivity contribution in [2.24, 2.45) is 0 Å². The van der Waals surface area contributed by atoms with Crippen LogP contribution >= 0.6 is 0 Å². The zero-order valence-electron chi connectivity index (χ0n) is 6.71. The second-order valence-electron chi connectivity index (χ2n) is 2.40. The highest BCUT2D eigenvalue weighted by atomic mass is 19.1. The average molecular weight is 168 g/mol. The molecule has 1 aromatic carbocycles. The smallest absolute Gasteiger partial charge is 0.150 e. The second-order valence-corrected chi connectivity index (χ2v) is 2.40. The van der Waals surface area contributed by atoms with Gasteiger partial charge in [0.15, 0.2) is 0 Å². The van der Waals surface area contributed by atoms with Gasteiger partial charge in [0.1, 0.15) is 12.1 Å². The number of hydrogen-bond donors (Lipinski definition) is 0. The highest BCUT2D eigenvalue weighted by molar-refractivity contribution is 5.74. The van der Waals surface area contributed by atoms with Gasteiger partial charge in [-0.15, -0.1) is 0 Å². The molecule has 2 nitrogen and oxygen atoms in total. The van der Waals surface area contributed by atoms with E-state index in [9.17, 15) is 9.18 Å². The lowest BCUT2D eigenvalue weighted by Crippen LogP contribution is -1.94. The molecule has 0 saturated carbocycles. The summed E-state index contributed by atoms with van der Waals surface area (Å²) in [4.78, 5) is 10.3. The number of hydrogen-bond acceptors (Lipinski definition) is 2. The Kier molecular flexibility index (Phi) is 2.94. The molecule has 0 aliphatic rings. The minimum atomic E-state index is -0.345. The van der Waals surface area contributed by atoms with Crippen molar-refractivity contribution in [3.05, 3.63) is 35.1 Å². The number of methoxy groups -OCH3 is 1. The molecule has 0 amide bonds. The van der Waals surface area contributed by atoms with Crippen LogP contribution in [-0.4, -0.2) is 13.4 Å². The SMILES string of the molecule is COCc1cc(C=O)ccc1F. The first-order chi connectivity index (χ1) is 5.77. The number of halogens is 1. The number of benzene rings is 1. The molecular weight excluding hydrogens is 159 g/mol. The molecule has 12 heavy (non-hydrogen) atoms. The number of ether oxygens (including phenoxy) is 1. The predicted molar refractivity (Wildman–Crippen MR) is 42.5 cm³/mol. The molecular formula is C9H9FO2. The maximum absolute atomic E-state index is 12.9. The highest BCUT2D eigenvalue weighted by Crippen LogP contribution is 2.09. The Morgan fingerprint density at radius 3 is 2.92 bits per heavy atom. The van der Waals surface area contributed by atoms with Gasteiger partial charge in [-0.1, -0.05) is 0 Å². The van der Waals surface area contributed by atoms with Gasteiger partial charge in [-0.2, -0.15) is 0 Å². The van der Waals surface area contributed by atoms with Gasteiger partial charge >= 0.3 is 0 Å². The Hall–Kier alpha value is -1.22. The van der Waals surface area contributed by atoms with Crippen LogP contribution in [0.15, 0.2) is 18.2 Å². The number of carbonyl (C=O) groups excluding carboxylic acids is 1. The zero-order valence-corrected chi connectivity index (χ0v) is 6.71. The third-order valence-electron chi connectivity index (χ3n) is 1.51. The number of rotatable bonds is 3. The molecule has 3 heteroatoms. The highest BCUT2D eigenvalue weighted by Gasteiger charge is 2.01. The molecule has 0 aliphatic heterocycles. The van der Waals surface area contributed by atoms with Crippen molar-refractivity contribution in [3.63, 3.8) is 0 Å². The fourth-order valence-electron chi connectivity index (χ4n) is 0.934. The van der Waals surface area contributed by atoms with Crippen molar-refractivity contribution in [2.45, 2.75) is 6.61 Å². The molecule has 0 N–H and O–H groups in total. The van der Waals surface area contributed by atoms with E-state index in [1.165, 1.54) is 25.3 Å². The van der Waals surface area contributed by atoms with E-state index in [4.69, 9.17) is 4.74 Å². The first-order valence-corrected chi connectivity index (χ1v) is 3.50. The third-order valence-corrected chi connectivity index (χ3v) is 1.51. The lowest BCUT2D eigenvalue weighted by molar-refractivity contribution is 0.112. The number of carbonyl (C=O) groups is 1. The van der Waals surface area contributed by atoms with Crippen LogP contribution in [0, 0.1) is 5.82 Å². The molecule has 0 atom stereocenters. The van der Waals surface area contributed by atoms with Crippen molar-refractivity contribution in [1.82, 2.24) is 0 Å². The molecule has 1 aromatic rings. The van der Waals surface area contributed by atoms with Crippen LogP contribution in [0.5, 0.6) is 0 Å². The van der Waals surface area contributed by atoms with Gasteiger partial charge in [0.05, 0.1) is 6.61 Å². The fraction of sp³-hybridized carbons (Fsp3) is 0.222. The third kappa shape index (κ3) is 1.89. The first kappa shape index (κ1) is 8.87. The van der Waals surface area contributed by atoms with Crippen molar-refractivity contribution >= 4 is 6.29 Å². The fourth-order valence-corrected chi connectivity index (χ4v) is 0.934. The maximum Gasteiger partial charge on any atom is 0.150 e. The van der Waals surface area contributed by atoms with Crippen LogP contribution in [0.4, 0.5) is 4.39 Å². The van der Waals surface area contributed by atoms with E-state index in [1.807, 2.05) is 0 Å². The van der Waals surface area contributed by atoms with Crippen LogP contribution < -0.4 is 0 Å². The molecule has 0 fully saturated rings. The minimum absolute atomic E-state index is 0.188. The second kappa shape index (κ2) is 3.97. The molecule has 0 unspecified atom stereocenters.